The Kier molecular flexibility index (Phi) is 5.37. The van der Waals surface area contributed by atoms with Crippen molar-refractivity contribution in [1.29, 1.82) is 0 Å². The van der Waals surface area contributed by atoms with Crippen LogP contribution in [0.15, 0.2) is 30.2 Å². The lowest BCUT2D eigenvalue weighted by Gasteiger charge is -2.07. The third-order valence-corrected chi connectivity index (χ3v) is 4.04. The van der Waals surface area contributed by atoms with Gasteiger partial charge in [0.05, 0.1) is 6.54 Å². The van der Waals surface area contributed by atoms with Crippen LogP contribution in [0.25, 0.3) is 0 Å². The quantitative estimate of drug-likeness (QED) is 0.454. The molecule has 20 heavy (non-hydrogen) atoms. The number of allylic oxidation sites excluding steroid dienone is 1. The summed E-state index contributed by atoms with van der Waals surface area (Å²) in [4.78, 5) is 4.21. The van der Waals surface area contributed by atoms with E-state index in [4.69, 9.17) is 5.73 Å². The normalized spacial score (nSPS) is 10.9. The second kappa shape index (κ2) is 7.25. The highest BCUT2D eigenvalue weighted by Gasteiger charge is 2.09. The first-order chi connectivity index (χ1) is 9.76. The summed E-state index contributed by atoms with van der Waals surface area (Å²) in [6, 6.07) is 0. The first kappa shape index (κ1) is 14.8. The van der Waals surface area contributed by atoms with Crippen LogP contribution in [0.3, 0.4) is 0 Å². The summed E-state index contributed by atoms with van der Waals surface area (Å²) in [5.74, 6) is 2.84. The molecule has 0 saturated carbocycles. The van der Waals surface area contributed by atoms with Crippen LogP contribution in [0.1, 0.15) is 18.1 Å². The lowest BCUT2D eigenvalue weighted by molar-refractivity contribution is 0.657. The average Bonchev–Trinajstić information content (AvgIpc) is 3.02. The minimum absolute atomic E-state index is 0.398. The number of nitrogens with zero attached hydrogens (tertiary/aromatic N) is 5. The zero-order valence-electron chi connectivity index (χ0n) is 11.7. The molecular formula is C13H20N6S. The Hall–Kier alpha value is -1.60. The average molecular weight is 292 g/mol. The molecule has 2 rings (SSSR count). The van der Waals surface area contributed by atoms with Gasteiger partial charge in [0.25, 0.3) is 0 Å². The number of imidazole rings is 1. The molecule has 0 saturated heterocycles. The number of aryl methyl sites for hydroxylation is 2. The van der Waals surface area contributed by atoms with E-state index in [-0.39, 0.29) is 0 Å². The standard InChI is InChI=1S/C13H20N6S/c1-3-6-19-12(10-14)16-17-13(19)20-9-4-7-18-8-5-15-11(18)2/h3,5,8H,1,4,6-7,9-10,14H2,2H3. The Bertz CT molecular complexity index is 559. The molecule has 0 amide bonds. The second-order valence-corrected chi connectivity index (χ2v) is 5.43. The Labute approximate surface area is 123 Å². The fourth-order valence-electron chi connectivity index (χ4n) is 1.93. The molecule has 0 atom stereocenters. The van der Waals surface area contributed by atoms with E-state index in [0.29, 0.717) is 13.1 Å². The molecule has 0 aromatic carbocycles. The Morgan fingerprint density at radius 1 is 1.45 bits per heavy atom. The monoisotopic (exact) mass is 292 g/mol. The van der Waals surface area contributed by atoms with Crippen LogP contribution in [0.4, 0.5) is 0 Å². The van der Waals surface area contributed by atoms with Crippen LogP contribution < -0.4 is 5.73 Å². The van der Waals surface area contributed by atoms with Gasteiger partial charge in [0.15, 0.2) is 5.16 Å². The van der Waals surface area contributed by atoms with Gasteiger partial charge >= 0.3 is 0 Å². The van der Waals surface area contributed by atoms with Crippen LogP contribution in [0.5, 0.6) is 0 Å². The summed E-state index contributed by atoms with van der Waals surface area (Å²) in [6.07, 6.45) is 6.73. The molecule has 0 unspecified atom stereocenters. The number of thioether (sulfide) groups is 1. The predicted molar refractivity (Wildman–Crippen MR) is 80.4 cm³/mol. The van der Waals surface area contributed by atoms with Gasteiger partial charge in [-0.2, -0.15) is 0 Å². The number of nitrogens with two attached hydrogens (primary N) is 1. The molecule has 0 bridgehead atoms. The summed E-state index contributed by atoms with van der Waals surface area (Å²) in [7, 11) is 0. The lowest BCUT2D eigenvalue weighted by Crippen LogP contribution is -2.08. The molecule has 2 N–H and O–H groups in total. The number of hydrogen-bond acceptors (Lipinski definition) is 5. The lowest BCUT2D eigenvalue weighted by atomic mass is 10.4. The Balaban J connectivity index is 1.86. The van der Waals surface area contributed by atoms with Crippen LogP contribution in [-0.2, 0) is 19.6 Å². The van der Waals surface area contributed by atoms with E-state index in [0.717, 1.165) is 35.5 Å². The predicted octanol–water partition coefficient (Wildman–Crippen LogP) is 1.61. The largest absolute Gasteiger partial charge is 0.335 e. The number of aromatic nitrogens is 5. The SMILES string of the molecule is C=CCn1c(CN)nnc1SCCCn1ccnc1C. The van der Waals surface area contributed by atoms with Gasteiger partial charge in [-0.3, -0.25) is 0 Å². The molecule has 0 fully saturated rings. The molecular weight excluding hydrogens is 272 g/mol. The molecule has 2 heterocycles. The fourth-order valence-corrected chi connectivity index (χ4v) is 2.82. The first-order valence-electron chi connectivity index (χ1n) is 6.59. The summed E-state index contributed by atoms with van der Waals surface area (Å²) in [5, 5.41) is 9.20. The number of hydrogen-bond donors (Lipinski definition) is 1. The minimum Gasteiger partial charge on any atom is -0.335 e. The molecule has 0 aliphatic carbocycles. The van der Waals surface area contributed by atoms with Crippen molar-refractivity contribution in [2.45, 2.75) is 38.1 Å². The van der Waals surface area contributed by atoms with E-state index in [1.54, 1.807) is 11.8 Å². The second-order valence-electron chi connectivity index (χ2n) is 4.37. The van der Waals surface area contributed by atoms with Crippen LogP contribution >= 0.6 is 11.8 Å². The third-order valence-electron chi connectivity index (χ3n) is 2.99. The zero-order chi connectivity index (χ0) is 14.4. The van der Waals surface area contributed by atoms with Gasteiger partial charge < -0.3 is 14.9 Å². The van der Waals surface area contributed by atoms with Crippen LogP contribution in [0, 0.1) is 6.92 Å². The topological polar surface area (TPSA) is 74.6 Å². The molecule has 2 aromatic rings. The van der Waals surface area contributed by atoms with Gasteiger partial charge in [0.1, 0.15) is 11.6 Å². The van der Waals surface area contributed by atoms with Gasteiger partial charge in [0.2, 0.25) is 0 Å². The summed E-state index contributed by atoms with van der Waals surface area (Å²) in [5.41, 5.74) is 5.65. The zero-order valence-corrected chi connectivity index (χ0v) is 12.5. The molecule has 108 valence electrons. The van der Waals surface area contributed by atoms with Gasteiger partial charge in [-0.1, -0.05) is 17.8 Å². The first-order valence-corrected chi connectivity index (χ1v) is 7.58. The van der Waals surface area contributed by atoms with E-state index >= 15 is 0 Å². The Morgan fingerprint density at radius 3 is 2.95 bits per heavy atom. The molecule has 0 aliphatic heterocycles. The van der Waals surface area contributed by atoms with Gasteiger partial charge in [0, 0.05) is 31.2 Å². The van der Waals surface area contributed by atoms with E-state index < -0.39 is 0 Å². The Morgan fingerprint density at radius 2 is 2.30 bits per heavy atom. The summed E-state index contributed by atoms with van der Waals surface area (Å²) >= 11 is 1.70. The van der Waals surface area contributed by atoms with Crippen LogP contribution in [-0.4, -0.2) is 30.1 Å². The van der Waals surface area contributed by atoms with Crippen molar-refractivity contribution in [2.24, 2.45) is 5.73 Å². The highest BCUT2D eigenvalue weighted by Crippen LogP contribution is 2.18. The van der Waals surface area contributed by atoms with Crippen molar-refractivity contribution in [2.75, 3.05) is 5.75 Å². The maximum atomic E-state index is 5.65. The summed E-state index contributed by atoms with van der Waals surface area (Å²) < 4.78 is 4.17. The molecule has 0 spiro atoms. The van der Waals surface area contributed by atoms with E-state index in [1.807, 2.05) is 30.0 Å². The molecule has 0 radical (unpaired) electrons. The third kappa shape index (κ3) is 3.49. The van der Waals surface area contributed by atoms with Crippen molar-refractivity contribution in [1.82, 2.24) is 24.3 Å². The van der Waals surface area contributed by atoms with E-state index in [2.05, 4.69) is 26.3 Å². The van der Waals surface area contributed by atoms with Crippen molar-refractivity contribution in [3.05, 3.63) is 36.7 Å². The molecule has 7 heteroatoms. The van der Waals surface area contributed by atoms with E-state index in [9.17, 15) is 0 Å². The van der Waals surface area contributed by atoms with Gasteiger partial charge in [-0.15, -0.1) is 16.8 Å². The van der Waals surface area contributed by atoms with Gasteiger partial charge in [-0.05, 0) is 13.3 Å². The molecule has 0 aliphatic rings. The summed E-state index contributed by atoms with van der Waals surface area (Å²) in [6.45, 7) is 7.84. The van der Waals surface area contributed by atoms with Crippen molar-refractivity contribution in [3.8, 4) is 0 Å². The van der Waals surface area contributed by atoms with Crippen molar-refractivity contribution < 1.29 is 0 Å². The van der Waals surface area contributed by atoms with E-state index in [1.165, 1.54) is 0 Å². The van der Waals surface area contributed by atoms with Crippen molar-refractivity contribution in [3.63, 3.8) is 0 Å². The molecule has 2 aromatic heterocycles. The highest BCUT2D eigenvalue weighted by atomic mass is 32.2. The fraction of sp³-hybridized carbons (Fsp3) is 0.462. The maximum absolute atomic E-state index is 5.65. The highest BCUT2D eigenvalue weighted by molar-refractivity contribution is 7.99. The smallest absolute Gasteiger partial charge is 0.191 e. The van der Waals surface area contributed by atoms with Crippen LogP contribution in [0.2, 0.25) is 0 Å². The molecule has 6 nitrogen and oxygen atoms in total. The van der Waals surface area contributed by atoms with Crippen molar-refractivity contribution >= 4 is 11.8 Å². The van der Waals surface area contributed by atoms with Gasteiger partial charge in [-0.25, -0.2) is 4.98 Å². The maximum Gasteiger partial charge on any atom is 0.191 e. The minimum atomic E-state index is 0.398. The number of rotatable bonds is 8.